The Kier molecular flexibility index (Phi) is 1.61. The van der Waals surface area contributed by atoms with E-state index >= 15 is 0 Å². The monoisotopic (exact) mass is 230 g/mol. The lowest BCUT2D eigenvalue weighted by atomic mass is 9.98. The first-order valence-electron chi connectivity index (χ1n) is 6.08. The fourth-order valence-electron chi connectivity index (χ4n) is 3.51. The number of nitrogens with zero attached hydrogens (tertiary/aromatic N) is 4. The molecule has 0 amide bonds. The maximum Gasteiger partial charge on any atom is 0.222 e. The van der Waals surface area contributed by atoms with Crippen molar-refractivity contribution < 1.29 is 0 Å². The van der Waals surface area contributed by atoms with Crippen LogP contribution in [0, 0.1) is 17.8 Å². The van der Waals surface area contributed by atoms with Gasteiger partial charge in [0, 0.05) is 11.5 Å². The third kappa shape index (κ3) is 1.10. The van der Waals surface area contributed by atoms with Crippen molar-refractivity contribution in [2.45, 2.75) is 26.2 Å². The fourth-order valence-corrected chi connectivity index (χ4v) is 3.51. The zero-order valence-electron chi connectivity index (χ0n) is 9.81. The number of hydrogen-bond donors (Lipinski definition) is 2. The highest BCUT2D eigenvalue weighted by atomic mass is 15.5. The number of fused-ring (bicyclic) bond motifs is 3. The molecule has 2 N–H and O–H groups in total. The maximum absolute atomic E-state index is 4.46. The Labute approximate surface area is 98.2 Å². The van der Waals surface area contributed by atoms with E-state index in [0.717, 1.165) is 29.9 Å². The largest absolute Gasteiger partial charge is 0.274 e. The first-order valence-corrected chi connectivity index (χ1v) is 6.08. The van der Waals surface area contributed by atoms with Crippen LogP contribution in [0.2, 0.25) is 0 Å². The van der Waals surface area contributed by atoms with Crippen LogP contribution in [0.3, 0.4) is 0 Å². The van der Waals surface area contributed by atoms with Gasteiger partial charge < -0.3 is 0 Å². The number of H-pyrrole nitrogens is 2. The van der Waals surface area contributed by atoms with E-state index < -0.39 is 0 Å². The average molecular weight is 230 g/mol. The highest BCUT2D eigenvalue weighted by Crippen LogP contribution is 2.64. The maximum atomic E-state index is 4.46. The second-order valence-corrected chi connectivity index (χ2v) is 5.41. The van der Waals surface area contributed by atoms with Gasteiger partial charge in [-0.05, 0) is 29.4 Å². The van der Waals surface area contributed by atoms with E-state index in [1.54, 1.807) is 0 Å². The standard InChI is InChI=1S/C11H14N6/c1-4(2)7-5-3-6-9(8(5)7)12-13-10(6)11-14-16-17-15-11/h4-5,7-8H,3H2,1-2H3,(H,12,13)(H,14,15,16,17)/t5-,7-,8-/m0/s1. The van der Waals surface area contributed by atoms with Crippen LogP contribution in [0.15, 0.2) is 0 Å². The summed E-state index contributed by atoms with van der Waals surface area (Å²) in [4.78, 5) is 0. The predicted octanol–water partition coefficient (Wildman–Crippen LogP) is 1.13. The minimum Gasteiger partial charge on any atom is -0.274 e. The second kappa shape index (κ2) is 2.94. The van der Waals surface area contributed by atoms with E-state index in [1.807, 2.05) is 0 Å². The molecule has 2 aliphatic carbocycles. The molecule has 0 radical (unpaired) electrons. The Morgan fingerprint density at radius 3 is 2.88 bits per heavy atom. The molecule has 2 aliphatic rings. The minimum atomic E-state index is 0.626. The molecule has 0 bridgehead atoms. The molecule has 6 nitrogen and oxygen atoms in total. The smallest absolute Gasteiger partial charge is 0.222 e. The lowest BCUT2D eigenvalue weighted by Crippen LogP contribution is -2.00. The van der Waals surface area contributed by atoms with Gasteiger partial charge in [0.1, 0.15) is 5.69 Å². The Hall–Kier alpha value is -1.72. The summed E-state index contributed by atoms with van der Waals surface area (Å²) in [6, 6.07) is 0. The quantitative estimate of drug-likeness (QED) is 0.810. The first kappa shape index (κ1) is 9.32. The molecule has 6 heteroatoms. The molecule has 1 fully saturated rings. The molecule has 0 spiro atoms. The number of nitrogens with one attached hydrogen (secondary N) is 2. The Morgan fingerprint density at radius 2 is 2.18 bits per heavy atom. The van der Waals surface area contributed by atoms with Crippen molar-refractivity contribution in [1.29, 1.82) is 0 Å². The van der Waals surface area contributed by atoms with Gasteiger partial charge in [-0.1, -0.05) is 13.8 Å². The molecule has 2 aromatic heterocycles. The second-order valence-electron chi connectivity index (χ2n) is 5.41. The van der Waals surface area contributed by atoms with Crippen molar-refractivity contribution in [2.75, 3.05) is 0 Å². The third-order valence-corrected chi connectivity index (χ3v) is 4.22. The van der Waals surface area contributed by atoms with E-state index in [4.69, 9.17) is 0 Å². The van der Waals surface area contributed by atoms with Crippen LogP contribution < -0.4 is 0 Å². The summed E-state index contributed by atoms with van der Waals surface area (Å²) in [6.07, 6.45) is 1.11. The normalized spacial score (nSPS) is 29.5. The number of aromatic amines is 2. The van der Waals surface area contributed by atoms with Crippen LogP contribution in [0.25, 0.3) is 11.5 Å². The van der Waals surface area contributed by atoms with E-state index in [0.29, 0.717) is 11.7 Å². The van der Waals surface area contributed by atoms with Crippen molar-refractivity contribution >= 4 is 0 Å². The molecule has 2 heterocycles. The zero-order chi connectivity index (χ0) is 11.6. The number of tetrazole rings is 1. The SMILES string of the molecule is CC(C)[C@H]1[C@@H]2Cc3c(n[nH]c3-c3nn[nH]n3)[C@@H]21. The predicted molar refractivity (Wildman–Crippen MR) is 60.0 cm³/mol. The fraction of sp³-hybridized carbons (Fsp3) is 0.636. The molecular weight excluding hydrogens is 216 g/mol. The first-order chi connectivity index (χ1) is 8.27. The molecular formula is C11H14N6. The summed E-state index contributed by atoms with van der Waals surface area (Å²) in [6.45, 7) is 4.60. The molecule has 0 aromatic carbocycles. The van der Waals surface area contributed by atoms with Gasteiger partial charge in [0.05, 0.1) is 5.69 Å². The molecule has 17 heavy (non-hydrogen) atoms. The molecule has 88 valence electrons. The van der Waals surface area contributed by atoms with Crippen LogP contribution in [-0.4, -0.2) is 30.8 Å². The Bertz CT molecular complexity index is 555. The van der Waals surface area contributed by atoms with Gasteiger partial charge in [-0.15, -0.1) is 10.2 Å². The third-order valence-electron chi connectivity index (χ3n) is 4.22. The van der Waals surface area contributed by atoms with Gasteiger partial charge >= 0.3 is 0 Å². The molecule has 0 unspecified atom stereocenters. The van der Waals surface area contributed by atoms with Crippen LogP contribution in [0.4, 0.5) is 0 Å². The van der Waals surface area contributed by atoms with Crippen molar-refractivity contribution in [3.63, 3.8) is 0 Å². The summed E-state index contributed by atoms with van der Waals surface area (Å²) in [5, 5.41) is 21.6. The highest BCUT2D eigenvalue weighted by Gasteiger charge is 2.58. The summed E-state index contributed by atoms with van der Waals surface area (Å²) >= 11 is 0. The van der Waals surface area contributed by atoms with Gasteiger partial charge in [-0.25, -0.2) is 0 Å². The van der Waals surface area contributed by atoms with Gasteiger partial charge in [0.15, 0.2) is 0 Å². The highest BCUT2D eigenvalue weighted by molar-refractivity contribution is 5.59. The van der Waals surface area contributed by atoms with Crippen LogP contribution in [0.5, 0.6) is 0 Å². The van der Waals surface area contributed by atoms with E-state index in [1.165, 1.54) is 11.3 Å². The van der Waals surface area contributed by atoms with Gasteiger partial charge in [-0.3, -0.25) is 5.10 Å². The molecule has 3 atom stereocenters. The number of rotatable bonds is 2. The average Bonchev–Trinajstić information content (AvgIpc) is 2.75. The van der Waals surface area contributed by atoms with E-state index in [2.05, 4.69) is 44.7 Å². The number of hydrogen-bond acceptors (Lipinski definition) is 4. The molecule has 4 rings (SSSR count). The zero-order valence-corrected chi connectivity index (χ0v) is 9.81. The van der Waals surface area contributed by atoms with Crippen molar-refractivity contribution in [2.24, 2.45) is 17.8 Å². The van der Waals surface area contributed by atoms with Crippen molar-refractivity contribution in [3.8, 4) is 11.5 Å². The summed E-state index contributed by atoms with van der Waals surface area (Å²) in [5.41, 5.74) is 3.50. The topological polar surface area (TPSA) is 83.1 Å². The summed E-state index contributed by atoms with van der Waals surface area (Å²) in [7, 11) is 0. The van der Waals surface area contributed by atoms with Crippen molar-refractivity contribution in [1.82, 2.24) is 30.8 Å². The molecule has 0 saturated heterocycles. The molecule has 2 aromatic rings. The van der Waals surface area contributed by atoms with Crippen LogP contribution >= 0.6 is 0 Å². The van der Waals surface area contributed by atoms with E-state index in [9.17, 15) is 0 Å². The summed E-state index contributed by atoms with van der Waals surface area (Å²) in [5.74, 6) is 3.67. The van der Waals surface area contributed by atoms with Crippen LogP contribution in [-0.2, 0) is 6.42 Å². The molecule has 1 saturated carbocycles. The van der Waals surface area contributed by atoms with Crippen LogP contribution in [0.1, 0.15) is 31.0 Å². The summed E-state index contributed by atoms with van der Waals surface area (Å²) < 4.78 is 0. The van der Waals surface area contributed by atoms with Gasteiger partial charge in [0.2, 0.25) is 5.82 Å². The van der Waals surface area contributed by atoms with Crippen molar-refractivity contribution in [3.05, 3.63) is 11.3 Å². The minimum absolute atomic E-state index is 0.626. The Morgan fingerprint density at radius 1 is 1.29 bits per heavy atom. The van der Waals surface area contributed by atoms with Gasteiger partial charge in [-0.2, -0.15) is 10.3 Å². The molecule has 0 aliphatic heterocycles. The number of aromatic nitrogens is 6. The lowest BCUT2D eigenvalue weighted by Gasteiger charge is -2.06. The van der Waals surface area contributed by atoms with Gasteiger partial charge in [0.25, 0.3) is 0 Å². The lowest BCUT2D eigenvalue weighted by molar-refractivity contribution is 0.504. The Balaban J connectivity index is 1.73. The van der Waals surface area contributed by atoms with E-state index in [-0.39, 0.29) is 0 Å².